The van der Waals surface area contributed by atoms with Gasteiger partial charge in [0.05, 0.1) is 0 Å². The molecule has 0 bridgehead atoms. The van der Waals surface area contributed by atoms with Gasteiger partial charge >= 0.3 is 11.9 Å². The number of carboxylic acid groups (broad SMARTS) is 2. The Morgan fingerprint density at radius 2 is 1.47 bits per heavy atom. The van der Waals surface area contributed by atoms with E-state index in [1.807, 2.05) is 13.8 Å². The van der Waals surface area contributed by atoms with Crippen LogP contribution in [0.15, 0.2) is 0 Å². The van der Waals surface area contributed by atoms with E-state index in [4.69, 9.17) is 27.4 Å². The van der Waals surface area contributed by atoms with Crippen molar-refractivity contribution in [2.45, 2.75) is 51.6 Å². The van der Waals surface area contributed by atoms with Crippen LogP contribution in [-0.2, 0) is 9.59 Å². The van der Waals surface area contributed by atoms with Gasteiger partial charge in [-0.1, -0.05) is 20.3 Å². The van der Waals surface area contributed by atoms with E-state index >= 15 is 0 Å². The Morgan fingerprint density at radius 1 is 1.00 bits per heavy atom. The van der Waals surface area contributed by atoms with E-state index in [0.29, 0.717) is 25.3 Å². The molecule has 0 aromatic heterocycles. The van der Waals surface area contributed by atoms with Gasteiger partial charge in [-0.3, -0.25) is 9.59 Å². The first-order chi connectivity index (χ1) is 8.72. The van der Waals surface area contributed by atoms with Crippen molar-refractivity contribution < 1.29 is 19.8 Å². The third-order valence-corrected chi connectivity index (χ3v) is 2.33. The van der Waals surface area contributed by atoms with Crippen molar-refractivity contribution in [3.05, 3.63) is 0 Å². The lowest BCUT2D eigenvalue weighted by atomic mass is 10.1. The summed E-state index contributed by atoms with van der Waals surface area (Å²) in [5, 5.41) is 16.6. The number of hydrogen-bond acceptors (Lipinski definition) is 5. The molecule has 0 aliphatic rings. The molecule has 0 saturated carbocycles. The van der Waals surface area contributed by atoms with Gasteiger partial charge in [-0.25, -0.2) is 0 Å². The van der Waals surface area contributed by atoms with Gasteiger partial charge in [-0.05, 0) is 31.7 Å². The van der Waals surface area contributed by atoms with E-state index in [-0.39, 0.29) is 0 Å². The fraction of sp³-hybridized carbons (Fsp3) is 0.833. The summed E-state index contributed by atoms with van der Waals surface area (Å²) < 4.78 is 0. The smallest absolute Gasteiger partial charge is 0.320 e. The minimum atomic E-state index is -0.933. The van der Waals surface area contributed by atoms with Crippen molar-refractivity contribution in [1.29, 1.82) is 0 Å². The van der Waals surface area contributed by atoms with Gasteiger partial charge < -0.3 is 27.4 Å². The summed E-state index contributed by atoms with van der Waals surface area (Å²) >= 11 is 0. The molecule has 19 heavy (non-hydrogen) atoms. The highest BCUT2D eigenvalue weighted by atomic mass is 16.4. The number of carboxylic acids is 2. The highest BCUT2D eigenvalue weighted by Crippen LogP contribution is 2.01. The molecular weight excluding hydrogens is 250 g/mol. The Bertz CT molecular complexity index is 259. The first-order valence-corrected chi connectivity index (χ1v) is 6.39. The maximum absolute atomic E-state index is 10.1. The number of aliphatic carboxylic acids is 2. The van der Waals surface area contributed by atoms with Crippen LogP contribution in [0.5, 0.6) is 0 Å². The Balaban J connectivity index is 0. The van der Waals surface area contributed by atoms with Gasteiger partial charge in [0.1, 0.15) is 12.1 Å². The molecule has 0 radical (unpaired) electrons. The molecule has 0 spiro atoms. The monoisotopic (exact) mass is 277 g/mol. The zero-order chi connectivity index (χ0) is 15.4. The van der Waals surface area contributed by atoms with Crippen LogP contribution in [-0.4, -0.2) is 40.8 Å². The summed E-state index contributed by atoms with van der Waals surface area (Å²) in [6.45, 7) is 4.50. The molecule has 0 rings (SSSR count). The molecule has 0 aromatic carbocycles. The standard InChI is InChI=1S/C6H14N2O2.C6H13NO2/c7-4-2-1-3-5(8)6(9)10;1-4(2)3-5(7)6(8)9/h5H,1-4,7-8H2,(H,9,10);4-5H,3,7H2,1-2H3,(H,8,9)/t2*5-/m01/s1. The topological polar surface area (TPSA) is 153 Å². The molecule has 8 N–H and O–H groups in total. The zero-order valence-corrected chi connectivity index (χ0v) is 11.7. The third kappa shape index (κ3) is 14.8. The molecule has 0 aromatic rings. The number of rotatable bonds is 8. The summed E-state index contributed by atoms with van der Waals surface area (Å²) in [4.78, 5) is 20.2. The molecule has 0 aliphatic heterocycles. The van der Waals surface area contributed by atoms with Crippen molar-refractivity contribution in [2.24, 2.45) is 23.1 Å². The first kappa shape index (κ1) is 20.1. The molecule has 7 heteroatoms. The fourth-order valence-corrected chi connectivity index (χ4v) is 1.24. The molecule has 0 aliphatic carbocycles. The van der Waals surface area contributed by atoms with E-state index in [1.54, 1.807) is 0 Å². The molecular formula is C12H27N3O4. The molecule has 0 unspecified atom stereocenters. The molecule has 0 heterocycles. The second-order valence-corrected chi connectivity index (χ2v) is 4.80. The predicted octanol–water partition coefficient (Wildman–Crippen LogP) is -0.0283. The number of unbranched alkanes of at least 4 members (excludes halogenated alkanes) is 1. The first-order valence-electron chi connectivity index (χ1n) is 6.39. The summed E-state index contributed by atoms with van der Waals surface area (Å²) in [7, 11) is 0. The number of hydrogen-bond donors (Lipinski definition) is 5. The van der Waals surface area contributed by atoms with Crippen LogP contribution in [0.3, 0.4) is 0 Å². The van der Waals surface area contributed by atoms with Gasteiger partial charge in [0.25, 0.3) is 0 Å². The van der Waals surface area contributed by atoms with Crippen LogP contribution in [0, 0.1) is 5.92 Å². The maximum atomic E-state index is 10.1. The van der Waals surface area contributed by atoms with Gasteiger partial charge in [0.15, 0.2) is 0 Å². The summed E-state index contributed by atoms with van der Waals surface area (Å²) in [5.41, 5.74) is 15.6. The molecule has 7 nitrogen and oxygen atoms in total. The van der Waals surface area contributed by atoms with Gasteiger partial charge in [0, 0.05) is 0 Å². The molecule has 0 amide bonds. The second kappa shape index (κ2) is 11.9. The van der Waals surface area contributed by atoms with Crippen LogP contribution < -0.4 is 17.2 Å². The average molecular weight is 277 g/mol. The van der Waals surface area contributed by atoms with Crippen molar-refractivity contribution in [3.8, 4) is 0 Å². The fourth-order valence-electron chi connectivity index (χ4n) is 1.24. The third-order valence-electron chi connectivity index (χ3n) is 2.33. The normalized spacial score (nSPS) is 13.4. The average Bonchev–Trinajstić information content (AvgIpc) is 2.28. The molecule has 0 saturated heterocycles. The van der Waals surface area contributed by atoms with E-state index in [0.717, 1.165) is 12.8 Å². The second-order valence-electron chi connectivity index (χ2n) is 4.80. The SMILES string of the molecule is CC(C)C[C@@H](N)C(=O)O.NCCCC[C@H](N)C(=O)O. The van der Waals surface area contributed by atoms with Gasteiger partial charge in [0.2, 0.25) is 0 Å². The van der Waals surface area contributed by atoms with Crippen LogP contribution in [0.25, 0.3) is 0 Å². The van der Waals surface area contributed by atoms with E-state index in [9.17, 15) is 9.59 Å². The highest BCUT2D eigenvalue weighted by Gasteiger charge is 2.12. The van der Waals surface area contributed by atoms with E-state index in [1.165, 1.54) is 0 Å². The summed E-state index contributed by atoms with van der Waals surface area (Å²) in [5.74, 6) is -1.49. The van der Waals surface area contributed by atoms with Crippen molar-refractivity contribution in [2.75, 3.05) is 6.54 Å². The minimum absolute atomic E-state index is 0.357. The van der Waals surface area contributed by atoms with Crippen molar-refractivity contribution in [3.63, 3.8) is 0 Å². The molecule has 2 atom stereocenters. The van der Waals surface area contributed by atoms with Crippen LogP contribution in [0.2, 0.25) is 0 Å². The van der Waals surface area contributed by atoms with E-state index in [2.05, 4.69) is 0 Å². The number of carbonyl (C=O) groups is 2. The zero-order valence-electron chi connectivity index (χ0n) is 11.7. The van der Waals surface area contributed by atoms with Crippen LogP contribution in [0.1, 0.15) is 39.5 Å². The Kier molecular flexibility index (Phi) is 12.6. The molecule has 0 fully saturated rings. The van der Waals surface area contributed by atoms with Crippen molar-refractivity contribution in [1.82, 2.24) is 0 Å². The Morgan fingerprint density at radius 3 is 1.74 bits per heavy atom. The lowest BCUT2D eigenvalue weighted by molar-refractivity contribution is -0.139. The predicted molar refractivity (Wildman–Crippen MR) is 73.6 cm³/mol. The van der Waals surface area contributed by atoms with Crippen LogP contribution >= 0.6 is 0 Å². The summed E-state index contributed by atoms with van der Waals surface area (Å²) in [6, 6.07) is -1.41. The summed E-state index contributed by atoms with van der Waals surface area (Å²) in [6.07, 6.45) is 2.72. The highest BCUT2D eigenvalue weighted by molar-refractivity contribution is 5.73. The largest absolute Gasteiger partial charge is 0.480 e. The molecule has 114 valence electrons. The maximum Gasteiger partial charge on any atom is 0.320 e. The van der Waals surface area contributed by atoms with Gasteiger partial charge in [-0.15, -0.1) is 0 Å². The lowest BCUT2D eigenvalue weighted by Gasteiger charge is -2.07. The van der Waals surface area contributed by atoms with E-state index < -0.39 is 24.0 Å². The number of nitrogens with two attached hydrogens (primary N) is 3. The minimum Gasteiger partial charge on any atom is -0.480 e. The van der Waals surface area contributed by atoms with Crippen molar-refractivity contribution >= 4 is 11.9 Å². The lowest BCUT2D eigenvalue weighted by Crippen LogP contribution is -2.31. The Labute approximate surface area is 114 Å². The Hall–Kier alpha value is -1.18. The van der Waals surface area contributed by atoms with Crippen LogP contribution in [0.4, 0.5) is 0 Å². The quantitative estimate of drug-likeness (QED) is 0.390. The van der Waals surface area contributed by atoms with Gasteiger partial charge in [-0.2, -0.15) is 0 Å².